The summed E-state index contributed by atoms with van der Waals surface area (Å²) in [5.41, 5.74) is 0. The highest BCUT2D eigenvalue weighted by molar-refractivity contribution is 5.76. The topological polar surface area (TPSA) is 69.6 Å². The molecule has 0 heterocycles. The molecular weight excluding hydrogens is 783 g/mol. The fourth-order valence-corrected chi connectivity index (χ4v) is 8.70. The van der Waals surface area contributed by atoms with E-state index in [1.807, 2.05) is 6.08 Å². The van der Waals surface area contributed by atoms with Crippen LogP contribution in [0.25, 0.3) is 0 Å². The maximum atomic E-state index is 12.5. The third-order valence-electron chi connectivity index (χ3n) is 13.0. The minimum Gasteiger partial charge on any atom is -0.394 e. The molecule has 2 unspecified atom stereocenters. The first kappa shape index (κ1) is 62.1. The van der Waals surface area contributed by atoms with Gasteiger partial charge in [0, 0.05) is 6.42 Å². The number of hydrogen-bond acceptors (Lipinski definition) is 3. The van der Waals surface area contributed by atoms with Gasteiger partial charge < -0.3 is 15.5 Å². The Morgan fingerprint density at radius 2 is 0.688 bits per heavy atom. The van der Waals surface area contributed by atoms with E-state index in [1.165, 1.54) is 225 Å². The molecule has 0 aromatic rings. The Morgan fingerprint density at radius 1 is 0.391 bits per heavy atom. The van der Waals surface area contributed by atoms with Crippen LogP contribution in [0.2, 0.25) is 0 Å². The third kappa shape index (κ3) is 51.1. The molecule has 0 radical (unpaired) electrons. The van der Waals surface area contributed by atoms with Crippen molar-refractivity contribution in [3.63, 3.8) is 0 Å². The molecule has 3 N–H and O–H groups in total. The second-order valence-corrected chi connectivity index (χ2v) is 19.3. The smallest absolute Gasteiger partial charge is 0.220 e. The summed E-state index contributed by atoms with van der Waals surface area (Å²) in [6.07, 6.45) is 78.1. The molecule has 0 spiro atoms. The molecule has 0 aliphatic rings. The summed E-state index contributed by atoms with van der Waals surface area (Å²) < 4.78 is 0. The van der Waals surface area contributed by atoms with Crippen LogP contribution in [0.4, 0.5) is 0 Å². The minimum atomic E-state index is -0.840. The van der Waals surface area contributed by atoms with Crippen molar-refractivity contribution in [1.29, 1.82) is 0 Å². The third-order valence-corrected chi connectivity index (χ3v) is 13.0. The SMILES string of the molecule is CC/C=C\C/C=C\C/C=C\C/C=C\CCCCCCCCCCCCCCCCCCCCC(=O)NC(CO)C(O)/C=C/CCCCCCCCCCCCCCCCCCCCC. The molecule has 4 nitrogen and oxygen atoms in total. The number of hydrogen-bond donors (Lipinski definition) is 3. The van der Waals surface area contributed by atoms with Gasteiger partial charge >= 0.3 is 0 Å². The van der Waals surface area contributed by atoms with Gasteiger partial charge in [0.25, 0.3) is 0 Å². The first-order valence-electron chi connectivity index (χ1n) is 28.5. The molecule has 0 fully saturated rings. The minimum absolute atomic E-state index is 0.0607. The number of amides is 1. The van der Waals surface area contributed by atoms with Gasteiger partial charge in [0.2, 0.25) is 5.91 Å². The van der Waals surface area contributed by atoms with Gasteiger partial charge in [-0.15, -0.1) is 0 Å². The van der Waals surface area contributed by atoms with Crippen LogP contribution in [0, 0.1) is 0 Å². The Morgan fingerprint density at radius 3 is 1.03 bits per heavy atom. The first-order valence-corrected chi connectivity index (χ1v) is 28.5. The molecule has 0 aromatic carbocycles. The van der Waals surface area contributed by atoms with Gasteiger partial charge in [-0.25, -0.2) is 0 Å². The largest absolute Gasteiger partial charge is 0.394 e. The highest BCUT2D eigenvalue weighted by atomic mass is 16.3. The number of aliphatic hydroxyl groups is 2. The Hall–Kier alpha value is -1.91. The molecule has 0 rings (SSSR count). The Bertz CT molecular complexity index is 1060. The zero-order valence-electron chi connectivity index (χ0n) is 43.1. The molecule has 2 atom stereocenters. The average Bonchev–Trinajstić information content (AvgIpc) is 3.30. The zero-order valence-corrected chi connectivity index (χ0v) is 43.1. The fraction of sp³-hybridized carbons (Fsp3) is 0.817. The van der Waals surface area contributed by atoms with Gasteiger partial charge in [-0.2, -0.15) is 0 Å². The van der Waals surface area contributed by atoms with Gasteiger partial charge in [-0.3, -0.25) is 4.79 Å². The van der Waals surface area contributed by atoms with E-state index in [-0.39, 0.29) is 12.5 Å². The molecule has 0 aliphatic heterocycles. The molecule has 374 valence electrons. The van der Waals surface area contributed by atoms with Crippen molar-refractivity contribution in [2.24, 2.45) is 0 Å². The summed E-state index contributed by atoms with van der Waals surface area (Å²) in [7, 11) is 0. The van der Waals surface area contributed by atoms with E-state index in [9.17, 15) is 15.0 Å². The van der Waals surface area contributed by atoms with Crippen molar-refractivity contribution in [3.05, 3.63) is 60.8 Å². The molecule has 0 saturated heterocycles. The maximum Gasteiger partial charge on any atom is 0.220 e. The van der Waals surface area contributed by atoms with Crippen LogP contribution in [0.3, 0.4) is 0 Å². The normalized spacial score (nSPS) is 13.2. The zero-order chi connectivity index (χ0) is 46.3. The van der Waals surface area contributed by atoms with Crippen LogP contribution < -0.4 is 5.32 Å². The van der Waals surface area contributed by atoms with Gasteiger partial charge in [0.15, 0.2) is 0 Å². The summed E-state index contributed by atoms with van der Waals surface area (Å²) in [4.78, 5) is 12.5. The maximum absolute atomic E-state index is 12.5. The number of nitrogens with one attached hydrogen (secondary N) is 1. The van der Waals surface area contributed by atoms with Crippen molar-refractivity contribution < 1.29 is 15.0 Å². The van der Waals surface area contributed by atoms with Crippen LogP contribution in [0.1, 0.15) is 296 Å². The molecule has 0 aliphatic carbocycles. The van der Waals surface area contributed by atoms with Crippen LogP contribution in [-0.2, 0) is 4.79 Å². The lowest BCUT2D eigenvalue weighted by Gasteiger charge is -2.20. The van der Waals surface area contributed by atoms with Crippen LogP contribution in [0.5, 0.6) is 0 Å². The van der Waals surface area contributed by atoms with Crippen molar-refractivity contribution in [1.82, 2.24) is 5.32 Å². The number of carbonyl (C=O) groups excluding carboxylic acids is 1. The second kappa shape index (κ2) is 55.4. The van der Waals surface area contributed by atoms with E-state index in [2.05, 4.69) is 67.8 Å². The summed E-state index contributed by atoms with van der Waals surface area (Å²) in [6, 6.07) is -0.623. The van der Waals surface area contributed by atoms with Crippen molar-refractivity contribution in [2.75, 3.05) is 6.61 Å². The Labute approximate surface area is 400 Å². The first-order chi connectivity index (χ1) is 31.7. The van der Waals surface area contributed by atoms with Gasteiger partial charge in [-0.05, 0) is 57.8 Å². The molecule has 0 bridgehead atoms. The number of carbonyl (C=O) groups is 1. The van der Waals surface area contributed by atoms with E-state index < -0.39 is 12.1 Å². The number of unbranched alkanes of at least 4 members (excludes halogenated alkanes) is 37. The Balaban J connectivity index is 3.47. The molecule has 4 heteroatoms. The highest BCUT2D eigenvalue weighted by Gasteiger charge is 2.18. The lowest BCUT2D eigenvalue weighted by atomic mass is 10.0. The van der Waals surface area contributed by atoms with E-state index >= 15 is 0 Å². The summed E-state index contributed by atoms with van der Waals surface area (Å²) >= 11 is 0. The molecule has 1 amide bonds. The molecule has 0 saturated carbocycles. The predicted molar refractivity (Wildman–Crippen MR) is 285 cm³/mol. The average molecular weight is 895 g/mol. The predicted octanol–water partition coefficient (Wildman–Crippen LogP) is 18.8. The van der Waals surface area contributed by atoms with Crippen LogP contribution in [0.15, 0.2) is 60.8 Å². The van der Waals surface area contributed by atoms with Crippen LogP contribution in [-0.4, -0.2) is 34.9 Å². The van der Waals surface area contributed by atoms with E-state index in [4.69, 9.17) is 0 Å². The Kier molecular flexibility index (Phi) is 53.8. The molecule has 64 heavy (non-hydrogen) atoms. The summed E-state index contributed by atoms with van der Waals surface area (Å²) in [6.45, 7) is 4.22. The van der Waals surface area contributed by atoms with E-state index in [0.717, 1.165) is 51.4 Å². The molecular formula is C60H111NO3. The highest BCUT2D eigenvalue weighted by Crippen LogP contribution is 2.17. The van der Waals surface area contributed by atoms with Gasteiger partial charge in [0.05, 0.1) is 18.8 Å². The van der Waals surface area contributed by atoms with Gasteiger partial charge in [0.1, 0.15) is 0 Å². The van der Waals surface area contributed by atoms with Crippen LogP contribution >= 0.6 is 0 Å². The standard InChI is InChI=1S/C60H111NO3/c1-3-5-7-9-11-13-15-17-19-21-23-25-26-27-28-29-30-31-32-33-34-36-38-40-42-44-46-48-50-52-54-56-60(64)61-58(57-62)59(63)55-53-51-49-47-45-43-41-39-37-35-24-22-20-18-16-14-12-10-8-6-4-2/h5,7,11,13,17,19,23,25,53,55,58-59,62-63H,3-4,6,8-10,12,14-16,18,20-22,24,26-52,54,56-57H2,1-2H3,(H,61,64)/b7-5-,13-11-,19-17-,25-23-,55-53+. The lowest BCUT2D eigenvalue weighted by Crippen LogP contribution is -2.45. The van der Waals surface area contributed by atoms with E-state index in [0.29, 0.717) is 6.42 Å². The quantitative estimate of drug-likeness (QED) is 0.0421. The number of rotatable bonds is 52. The van der Waals surface area contributed by atoms with Crippen molar-refractivity contribution in [3.8, 4) is 0 Å². The fourth-order valence-electron chi connectivity index (χ4n) is 8.70. The monoisotopic (exact) mass is 894 g/mol. The second-order valence-electron chi connectivity index (χ2n) is 19.3. The summed E-state index contributed by atoms with van der Waals surface area (Å²) in [5, 5.41) is 23.2. The number of allylic oxidation sites excluding steroid dienone is 9. The van der Waals surface area contributed by atoms with Gasteiger partial charge in [-0.1, -0.05) is 293 Å². The van der Waals surface area contributed by atoms with E-state index in [1.54, 1.807) is 6.08 Å². The van der Waals surface area contributed by atoms with Crippen molar-refractivity contribution >= 4 is 5.91 Å². The molecule has 0 aromatic heterocycles. The van der Waals surface area contributed by atoms with Crippen molar-refractivity contribution in [2.45, 2.75) is 309 Å². The summed E-state index contributed by atoms with van der Waals surface area (Å²) in [5.74, 6) is -0.0607. The number of aliphatic hydroxyl groups excluding tert-OH is 2. The lowest BCUT2D eigenvalue weighted by molar-refractivity contribution is -0.123.